The Hall–Kier alpha value is -2.86. The van der Waals surface area contributed by atoms with Crippen molar-refractivity contribution >= 4 is 40.3 Å². The summed E-state index contributed by atoms with van der Waals surface area (Å²) in [6.07, 6.45) is -0.00451. The maximum Gasteiger partial charge on any atom is 0.308 e. The molecule has 4 rings (SSSR count). The van der Waals surface area contributed by atoms with Crippen LogP contribution in [0, 0.1) is 12.8 Å². The maximum atomic E-state index is 12.2. The first-order valence-corrected chi connectivity index (χ1v) is 8.50. The molecule has 0 bridgehead atoms. The molecule has 132 valence electrons. The second-order valence-corrected chi connectivity index (χ2v) is 6.81. The molecule has 1 fully saturated rings. The van der Waals surface area contributed by atoms with E-state index in [2.05, 4.69) is 4.98 Å². The minimum Gasteiger partial charge on any atom is -0.481 e. The second kappa shape index (κ2) is 6.14. The van der Waals surface area contributed by atoms with E-state index in [4.69, 9.17) is 21.1 Å². The fraction of sp³-hybridized carbons (Fsp3) is 0.211. The number of halogens is 1. The summed E-state index contributed by atoms with van der Waals surface area (Å²) in [7, 11) is 0. The van der Waals surface area contributed by atoms with Crippen LogP contribution in [0.25, 0.3) is 22.6 Å². The van der Waals surface area contributed by atoms with Gasteiger partial charge in [0.2, 0.25) is 11.8 Å². The molecule has 1 saturated heterocycles. The van der Waals surface area contributed by atoms with Crippen molar-refractivity contribution in [3.05, 3.63) is 47.0 Å². The zero-order chi connectivity index (χ0) is 18.4. The van der Waals surface area contributed by atoms with E-state index < -0.39 is 11.9 Å². The lowest BCUT2D eigenvalue weighted by atomic mass is 10.1. The lowest BCUT2D eigenvalue weighted by molar-refractivity contribution is -0.141. The molecule has 1 aliphatic rings. The number of amides is 1. The van der Waals surface area contributed by atoms with Crippen LogP contribution in [0.3, 0.4) is 0 Å². The largest absolute Gasteiger partial charge is 0.481 e. The Kier molecular flexibility index (Phi) is 3.92. The van der Waals surface area contributed by atoms with Gasteiger partial charge >= 0.3 is 5.97 Å². The summed E-state index contributed by atoms with van der Waals surface area (Å²) in [5.74, 6) is -1.53. The average molecular weight is 371 g/mol. The molecule has 0 saturated carbocycles. The van der Waals surface area contributed by atoms with E-state index in [9.17, 15) is 9.59 Å². The van der Waals surface area contributed by atoms with Crippen LogP contribution in [-0.2, 0) is 9.59 Å². The molecule has 6 nitrogen and oxygen atoms in total. The van der Waals surface area contributed by atoms with Crippen molar-refractivity contribution in [2.45, 2.75) is 13.3 Å². The molecular formula is C19H15ClN2O4. The number of benzene rings is 2. The highest BCUT2D eigenvalue weighted by atomic mass is 35.5. The lowest BCUT2D eigenvalue weighted by Gasteiger charge is -2.17. The van der Waals surface area contributed by atoms with Gasteiger partial charge in [0.1, 0.15) is 5.52 Å². The second-order valence-electron chi connectivity index (χ2n) is 6.40. The van der Waals surface area contributed by atoms with Gasteiger partial charge in [-0.15, -0.1) is 0 Å². The first-order valence-electron chi connectivity index (χ1n) is 8.12. The molecular weight excluding hydrogens is 356 g/mol. The Morgan fingerprint density at radius 3 is 2.85 bits per heavy atom. The highest BCUT2D eigenvalue weighted by molar-refractivity contribution is 6.33. The molecule has 1 N–H and O–H groups in total. The molecule has 1 amide bonds. The third kappa shape index (κ3) is 2.82. The van der Waals surface area contributed by atoms with Crippen molar-refractivity contribution in [3.8, 4) is 11.5 Å². The molecule has 26 heavy (non-hydrogen) atoms. The van der Waals surface area contributed by atoms with Crippen LogP contribution < -0.4 is 4.90 Å². The molecule has 0 aliphatic carbocycles. The van der Waals surface area contributed by atoms with Gasteiger partial charge < -0.3 is 14.4 Å². The molecule has 0 unspecified atom stereocenters. The Morgan fingerprint density at radius 1 is 1.31 bits per heavy atom. The number of rotatable bonds is 3. The van der Waals surface area contributed by atoms with Gasteiger partial charge in [-0.1, -0.05) is 17.7 Å². The fourth-order valence-corrected chi connectivity index (χ4v) is 3.32. The SMILES string of the molecule is Cc1ccc2oc(-c3cc(N4C[C@H](C(=O)O)CC4=O)ccc3Cl)nc2c1. The van der Waals surface area contributed by atoms with Crippen LogP contribution in [0.2, 0.25) is 5.02 Å². The summed E-state index contributed by atoms with van der Waals surface area (Å²) in [6, 6.07) is 10.8. The van der Waals surface area contributed by atoms with E-state index in [1.165, 1.54) is 4.90 Å². The standard InChI is InChI=1S/C19H15ClN2O4/c1-10-2-5-16-15(6-10)21-18(26-16)13-8-12(3-4-14(13)20)22-9-11(19(24)25)7-17(22)23/h2-6,8,11H,7,9H2,1H3,(H,24,25)/t11-/m1/s1. The van der Waals surface area contributed by atoms with Crippen LogP contribution in [-0.4, -0.2) is 28.5 Å². The van der Waals surface area contributed by atoms with Gasteiger partial charge in [0.15, 0.2) is 5.58 Å². The van der Waals surface area contributed by atoms with E-state index >= 15 is 0 Å². The van der Waals surface area contributed by atoms with Crippen LogP contribution in [0.4, 0.5) is 5.69 Å². The maximum absolute atomic E-state index is 12.2. The number of fused-ring (bicyclic) bond motifs is 1. The molecule has 2 aromatic carbocycles. The van der Waals surface area contributed by atoms with E-state index in [1.807, 2.05) is 25.1 Å². The number of aryl methyl sites for hydroxylation is 1. The highest BCUT2D eigenvalue weighted by Gasteiger charge is 2.35. The van der Waals surface area contributed by atoms with E-state index in [0.717, 1.165) is 11.1 Å². The zero-order valence-electron chi connectivity index (χ0n) is 13.9. The van der Waals surface area contributed by atoms with Crippen molar-refractivity contribution in [1.29, 1.82) is 0 Å². The summed E-state index contributed by atoms with van der Waals surface area (Å²) >= 11 is 6.31. The van der Waals surface area contributed by atoms with E-state index in [-0.39, 0.29) is 18.9 Å². The average Bonchev–Trinajstić information content (AvgIpc) is 3.18. The fourth-order valence-electron chi connectivity index (χ4n) is 3.12. The number of carboxylic acid groups (broad SMARTS) is 1. The quantitative estimate of drug-likeness (QED) is 0.756. The predicted molar refractivity (Wildman–Crippen MR) is 97.3 cm³/mol. The minimum absolute atomic E-state index is 0.00451. The predicted octanol–water partition coefficient (Wildman–Crippen LogP) is 3.89. The van der Waals surface area contributed by atoms with E-state index in [1.54, 1.807) is 18.2 Å². The number of hydrogen-bond donors (Lipinski definition) is 1. The number of carboxylic acids is 1. The van der Waals surface area contributed by atoms with Gasteiger partial charge in [-0.2, -0.15) is 0 Å². The Morgan fingerprint density at radius 2 is 2.12 bits per heavy atom. The molecule has 1 aromatic heterocycles. The zero-order valence-corrected chi connectivity index (χ0v) is 14.7. The first-order chi connectivity index (χ1) is 12.4. The Balaban J connectivity index is 1.74. The summed E-state index contributed by atoms with van der Waals surface area (Å²) in [5, 5.41) is 9.59. The Labute approximate surface area is 154 Å². The van der Waals surface area contributed by atoms with Crippen molar-refractivity contribution in [2.75, 3.05) is 11.4 Å². The lowest BCUT2D eigenvalue weighted by Crippen LogP contribution is -2.25. The number of hydrogen-bond acceptors (Lipinski definition) is 4. The normalized spacial score (nSPS) is 17.2. The van der Waals surface area contributed by atoms with Crippen LogP contribution in [0.15, 0.2) is 40.8 Å². The monoisotopic (exact) mass is 370 g/mol. The van der Waals surface area contributed by atoms with Gasteiger partial charge in [0, 0.05) is 18.7 Å². The number of carbonyl (C=O) groups excluding carboxylic acids is 1. The summed E-state index contributed by atoms with van der Waals surface area (Å²) in [5.41, 5.74) is 3.58. The topological polar surface area (TPSA) is 83.6 Å². The Bertz CT molecular complexity index is 1040. The van der Waals surface area contributed by atoms with Crippen molar-refractivity contribution in [3.63, 3.8) is 0 Å². The minimum atomic E-state index is -0.968. The van der Waals surface area contributed by atoms with Gasteiger partial charge in [-0.25, -0.2) is 4.98 Å². The van der Waals surface area contributed by atoms with Gasteiger partial charge in [-0.3, -0.25) is 9.59 Å². The van der Waals surface area contributed by atoms with Crippen molar-refractivity contribution in [1.82, 2.24) is 4.98 Å². The number of oxazole rings is 1. The van der Waals surface area contributed by atoms with Crippen LogP contribution >= 0.6 is 11.6 Å². The third-order valence-electron chi connectivity index (χ3n) is 4.51. The number of aliphatic carboxylic acids is 1. The van der Waals surface area contributed by atoms with Crippen molar-refractivity contribution in [2.24, 2.45) is 5.92 Å². The molecule has 0 spiro atoms. The number of carbonyl (C=O) groups is 2. The van der Waals surface area contributed by atoms with Crippen molar-refractivity contribution < 1.29 is 19.1 Å². The number of nitrogens with zero attached hydrogens (tertiary/aromatic N) is 2. The molecule has 1 aliphatic heterocycles. The third-order valence-corrected chi connectivity index (χ3v) is 4.84. The smallest absolute Gasteiger partial charge is 0.308 e. The van der Waals surface area contributed by atoms with Gasteiger partial charge in [0.05, 0.1) is 16.5 Å². The van der Waals surface area contributed by atoms with Gasteiger partial charge in [0.25, 0.3) is 0 Å². The van der Waals surface area contributed by atoms with E-state index in [0.29, 0.717) is 27.7 Å². The summed E-state index contributed by atoms with van der Waals surface area (Å²) < 4.78 is 5.80. The molecule has 1 atom stereocenters. The molecule has 3 aromatic rings. The highest BCUT2D eigenvalue weighted by Crippen LogP contribution is 2.35. The summed E-state index contributed by atoms with van der Waals surface area (Å²) in [6.45, 7) is 2.11. The van der Waals surface area contributed by atoms with Gasteiger partial charge in [-0.05, 0) is 42.8 Å². The first kappa shape index (κ1) is 16.6. The number of aromatic nitrogens is 1. The number of anilines is 1. The molecule has 0 radical (unpaired) electrons. The van der Waals surface area contributed by atoms with Crippen LogP contribution in [0.5, 0.6) is 0 Å². The van der Waals surface area contributed by atoms with Crippen LogP contribution in [0.1, 0.15) is 12.0 Å². The molecule has 2 heterocycles. The molecule has 7 heteroatoms. The summed E-state index contributed by atoms with van der Waals surface area (Å²) in [4.78, 5) is 29.3.